The molecule has 0 fully saturated rings. The number of pyridine rings is 1. The quantitative estimate of drug-likeness (QED) is 0.676. The fourth-order valence-electron chi connectivity index (χ4n) is 1.19. The van der Waals surface area contributed by atoms with Crippen LogP contribution in [0.2, 0.25) is 0 Å². The van der Waals surface area contributed by atoms with E-state index in [0.717, 1.165) is 16.1 Å². The Kier molecular flexibility index (Phi) is 2.10. The van der Waals surface area contributed by atoms with Gasteiger partial charge in [0.15, 0.2) is 11.5 Å². The van der Waals surface area contributed by atoms with Gasteiger partial charge < -0.3 is 0 Å². The maximum atomic E-state index is 4.47. The zero-order valence-electron chi connectivity index (χ0n) is 8.45. The molecule has 14 heavy (non-hydrogen) atoms. The average molecular weight is 254 g/mol. The lowest BCUT2D eigenvalue weighted by Gasteiger charge is -2.11. The Morgan fingerprint density at radius 3 is 2.57 bits per heavy atom. The Morgan fingerprint density at radius 2 is 2.00 bits per heavy atom. The third-order valence-corrected chi connectivity index (χ3v) is 2.58. The zero-order valence-corrected chi connectivity index (χ0v) is 10.0. The molecule has 2 heterocycles. The first-order chi connectivity index (χ1) is 6.48. The number of hydrogen-bond donors (Lipinski definition) is 0. The molecule has 0 atom stereocenters. The summed E-state index contributed by atoms with van der Waals surface area (Å²) in [6.07, 6.45) is 0. The van der Waals surface area contributed by atoms with Crippen LogP contribution in [0.15, 0.2) is 22.8 Å². The van der Waals surface area contributed by atoms with Gasteiger partial charge in [-0.3, -0.25) is 0 Å². The summed E-state index contributed by atoms with van der Waals surface area (Å²) in [7, 11) is 0. The van der Waals surface area contributed by atoms with Crippen molar-refractivity contribution in [2.45, 2.75) is 26.2 Å². The Balaban J connectivity index is 2.69. The summed E-state index contributed by atoms with van der Waals surface area (Å²) in [6, 6.07) is 5.86. The van der Waals surface area contributed by atoms with Crippen LogP contribution in [-0.2, 0) is 5.41 Å². The topological polar surface area (TPSA) is 30.2 Å². The molecule has 0 spiro atoms. The highest BCUT2D eigenvalue weighted by Gasteiger charge is 2.19. The van der Waals surface area contributed by atoms with E-state index < -0.39 is 0 Å². The minimum Gasteiger partial charge on any atom is -0.211 e. The van der Waals surface area contributed by atoms with Crippen molar-refractivity contribution in [1.29, 1.82) is 0 Å². The van der Waals surface area contributed by atoms with Crippen LogP contribution in [0.1, 0.15) is 26.6 Å². The summed E-state index contributed by atoms with van der Waals surface area (Å²) >= 11 is 3.44. The van der Waals surface area contributed by atoms with Crippen LogP contribution in [0.3, 0.4) is 0 Å². The Hall–Kier alpha value is -0.900. The molecule has 0 unspecified atom stereocenters. The molecule has 74 valence electrons. The van der Waals surface area contributed by atoms with E-state index in [1.807, 2.05) is 18.2 Å². The highest BCUT2D eigenvalue weighted by molar-refractivity contribution is 9.10. The number of rotatable bonds is 0. The molecule has 4 heteroatoms. The van der Waals surface area contributed by atoms with Crippen LogP contribution in [0.5, 0.6) is 0 Å². The van der Waals surface area contributed by atoms with Gasteiger partial charge in [0.05, 0.1) is 0 Å². The summed E-state index contributed by atoms with van der Waals surface area (Å²) in [4.78, 5) is 4.47. The second-order valence-electron chi connectivity index (χ2n) is 4.30. The summed E-state index contributed by atoms with van der Waals surface area (Å²) in [5.74, 6) is 0.865. The molecule has 3 nitrogen and oxygen atoms in total. The average Bonchev–Trinajstić information content (AvgIpc) is 2.48. The smallest absolute Gasteiger partial charge is 0.157 e. The van der Waals surface area contributed by atoms with Gasteiger partial charge in [0, 0.05) is 5.41 Å². The van der Waals surface area contributed by atoms with Crippen LogP contribution in [0, 0.1) is 0 Å². The van der Waals surface area contributed by atoms with Crippen LogP contribution < -0.4 is 0 Å². The molecular formula is C10H12BrN3. The lowest BCUT2D eigenvalue weighted by atomic mass is 9.96. The van der Waals surface area contributed by atoms with Crippen LogP contribution in [0.25, 0.3) is 5.65 Å². The van der Waals surface area contributed by atoms with E-state index in [9.17, 15) is 0 Å². The molecule has 0 bridgehead atoms. The molecule has 0 aliphatic rings. The number of halogens is 1. The molecule has 0 radical (unpaired) electrons. The standard InChI is InChI=1S/C10H12BrN3/c1-10(2,3)9-12-8-6-4-5-7(11)14(8)13-9/h4-6H,1-3H3. The lowest BCUT2D eigenvalue weighted by molar-refractivity contribution is 0.545. The molecule has 2 aromatic heterocycles. The number of aromatic nitrogens is 3. The normalized spacial score (nSPS) is 12.3. The fourth-order valence-corrected chi connectivity index (χ4v) is 1.60. The van der Waals surface area contributed by atoms with Gasteiger partial charge in [-0.1, -0.05) is 26.8 Å². The van der Waals surface area contributed by atoms with Gasteiger partial charge in [-0.05, 0) is 28.1 Å². The van der Waals surface area contributed by atoms with Gasteiger partial charge in [0.1, 0.15) is 4.60 Å². The molecule has 0 amide bonds. The van der Waals surface area contributed by atoms with Crippen LogP contribution in [-0.4, -0.2) is 14.6 Å². The Bertz CT molecular complexity index is 468. The highest BCUT2D eigenvalue weighted by Crippen LogP contribution is 2.20. The predicted octanol–water partition coefficient (Wildman–Crippen LogP) is 2.79. The van der Waals surface area contributed by atoms with E-state index in [1.165, 1.54) is 0 Å². The largest absolute Gasteiger partial charge is 0.211 e. The third kappa shape index (κ3) is 1.54. The van der Waals surface area contributed by atoms with E-state index in [0.29, 0.717) is 0 Å². The first kappa shape index (κ1) is 9.65. The van der Waals surface area contributed by atoms with Gasteiger partial charge in [-0.2, -0.15) is 0 Å². The molecular weight excluding hydrogens is 242 g/mol. The second-order valence-corrected chi connectivity index (χ2v) is 5.12. The molecule has 0 N–H and O–H groups in total. The highest BCUT2D eigenvalue weighted by atomic mass is 79.9. The van der Waals surface area contributed by atoms with E-state index >= 15 is 0 Å². The van der Waals surface area contributed by atoms with Gasteiger partial charge in [0.2, 0.25) is 0 Å². The second kappa shape index (κ2) is 3.05. The van der Waals surface area contributed by atoms with Crippen molar-refractivity contribution >= 4 is 21.6 Å². The minimum absolute atomic E-state index is 0.00847. The van der Waals surface area contributed by atoms with Crippen LogP contribution >= 0.6 is 15.9 Å². The van der Waals surface area contributed by atoms with E-state index in [4.69, 9.17) is 0 Å². The monoisotopic (exact) mass is 253 g/mol. The molecule has 0 saturated heterocycles. The molecule has 0 aliphatic heterocycles. The lowest BCUT2D eigenvalue weighted by Crippen LogP contribution is -2.13. The van der Waals surface area contributed by atoms with Crippen LogP contribution in [0.4, 0.5) is 0 Å². The van der Waals surface area contributed by atoms with Crippen molar-refractivity contribution in [2.24, 2.45) is 0 Å². The van der Waals surface area contributed by atoms with Crippen molar-refractivity contribution in [3.63, 3.8) is 0 Å². The summed E-state index contributed by atoms with van der Waals surface area (Å²) in [5, 5.41) is 4.44. The van der Waals surface area contributed by atoms with Crippen molar-refractivity contribution in [3.8, 4) is 0 Å². The summed E-state index contributed by atoms with van der Waals surface area (Å²) < 4.78 is 2.73. The van der Waals surface area contributed by atoms with Crippen molar-refractivity contribution < 1.29 is 0 Å². The molecule has 0 saturated carbocycles. The first-order valence-corrected chi connectivity index (χ1v) is 5.29. The van der Waals surface area contributed by atoms with Crippen molar-refractivity contribution in [2.75, 3.05) is 0 Å². The first-order valence-electron chi connectivity index (χ1n) is 4.50. The molecule has 2 aromatic rings. The maximum Gasteiger partial charge on any atom is 0.157 e. The van der Waals surface area contributed by atoms with Crippen molar-refractivity contribution in [3.05, 3.63) is 28.6 Å². The number of nitrogens with zero attached hydrogens (tertiary/aromatic N) is 3. The fraction of sp³-hybridized carbons (Fsp3) is 0.400. The van der Waals surface area contributed by atoms with E-state index in [2.05, 4.69) is 46.8 Å². The molecule has 0 aromatic carbocycles. The van der Waals surface area contributed by atoms with Gasteiger partial charge in [-0.25, -0.2) is 9.50 Å². The van der Waals surface area contributed by atoms with Gasteiger partial charge >= 0.3 is 0 Å². The third-order valence-electron chi connectivity index (χ3n) is 1.98. The van der Waals surface area contributed by atoms with E-state index in [-0.39, 0.29) is 5.41 Å². The van der Waals surface area contributed by atoms with Gasteiger partial charge in [0.25, 0.3) is 0 Å². The van der Waals surface area contributed by atoms with Crippen molar-refractivity contribution in [1.82, 2.24) is 14.6 Å². The molecule has 0 aliphatic carbocycles. The maximum absolute atomic E-state index is 4.47. The van der Waals surface area contributed by atoms with Gasteiger partial charge in [-0.15, -0.1) is 5.10 Å². The minimum atomic E-state index is -0.00847. The SMILES string of the molecule is CC(C)(C)c1nc2cccc(Br)n2n1. The molecule has 2 rings (SSSR count). The predicted molar refractivity (Wildman–Crippen MR) is 59.4 cm³/mol. The van der Waals surface area contributed by atoms with E-state index in [1.54, 1.807) is 4.52 Å². The number of hydrogen-bond acceptors (Lipinski definition) is 2. The summed E-state index contributed by atoms with van der Waals surface area (Å²) in [6.45, 7) is 6.32. The zero-order chi connectivity index (χ0) is 10.3. The Morgan fingerprint density at radius 1 is 1.29 bits per heavy atom. The number of fused-ring (bicyclic) bond motifs is 1. The summed E-state index contributed by atoms with van der Waals surface area (Å²) in [5.41, 5.74) is 0.871. The Labute approximate surface area is 91.3 Å².